The van der Waals surface area contributed by atoms with Gasteiger partial charge in [-0.1, -0.05) is 0 Å². The molecule has 6 nitrogen and oxygen atoms in total. The second-order valence-electron chi connectivity index (χ2n) is 8.02. The van der Waals surface area contributed by atoms with Gasteiger partial charge in [0.2, 0.25) is 0 Å². The van der Waals surface area contributed by atoms with E-state index in [0.717, 1.165) is 35.2 Å². The van der Waals surface area contributed by atoms with Crippen LogP contribution in [0.2, 0.25) is 0 Å². The summed E-state index contributed by atoms with van der Waals surface area (Å²) in [6.45, 7) is 4.31. The molecule has 1 aromatic carbocycles. The summed E-state index contributed by atoms with van der Waals surface area (Å²) < 4.78 is 13.1. The molecule has 2 heterocycles. The molecule has 0 radical (unpaired) electrons. The van der Waals surface area contributed by atoms with Gasteiger partial charge in [-0.15, -0.1) is 0 Å². The van der Waals surface area contributed by atoms with Gasteiger partial charge in [0.05, 0.1) is 31.4 Å². The van der Waals surface area contributed by atoms with Crippen LogP contribution in [0.4, 0.5) is 0 Å². The Morgan fingerprint density at radius 3 is 2.90 bits per heavy atom. The van der Waals surface area contributed by atoms with Gasteiger partial charge in [0.25, 0.3) is 0 Å². The maximum atomic E-state index is 12.2. The Bertz CT molecular complexity index is 1140. The highest BCUT2D eigenvalue weighted by atomic mass is 16.5. The fraction of sp³-hybridized carbons (Fsp3) is 0.375. The molecule has 0 N–H and O–H groups in total. The van der Waals surface area contributed by atoms with Crippen molar-refractivity contribution in [2.45, 2.75) is 45.8 Å². The molecule has 3 aromatic rings. The van der Waals surface area contributed by atoms with Gasteiger partial charge in [-0.3, -0.25) is 9.78 Å². The lowest BCUT2D eigenvalue weighted by Crippen LogP contribution is -2.16. The van der Waals surface area contributed by atoms with E-state index in [2.05, 4.69) is 15.6 Å². The summed E-state index contributed by atoms with van der Waals surface area (Å²) in [4.78, 5) is 16.7. The summed E-state index contributed by atoms with van der Waals surface area (Å²) in [5, 5.41) is 10.4. The van der Waals surface area contributed by atoms with E-state index in [4.69, 9.17) is 9.47 Å². The predicted octanol–water partition coefficient (Wildman–Crippen LogP) is 4.02. The number of nitrogens with zero attached hydrogens (tertiary/aromatic N) is 3. The standard InChI is InChI=1S/C24H25N3O3/c1-15(2)30-24(28)12-17-10-19-18-9-16(13-25)6-7-21(18)27(22(19)11-17)14-20-23(29-3)5-4-8-26-20/h4-9,15,17H,10-12,14H2,1-3H3/t17-/m0/s1. The molecule has 0 aliphatic heterocycles. The van der Waals surface area contributed by atoms with Crippen LogP contribution < -0.4 is 4.74 Å². The van der Waals surface area contributed by atoms with E-state index in [-0.39, 0.29) is 18.0 Å². The molecule has 1 aliphatic rings. The zero-order valence-corrected chi connectivity index (χ0v) is 17.5. The van der Waals surface area contributed by atoms with Crippen LogP contribution in [0.1, 0.15) is 42.8 Å². The molecule has 2 aromatic heterocycles. The highest BCUT2D eigenvalue weighted by Crippen LogP contribution is 2.38. The molecule has 0 saturated carbocycles. The number of carbonyl (C=O) groups is 1. The molecule has 0 saturated heterocycles. The van der Waals surface area contributed by atoms with E-state index in [9.17, 15) is 10.1 Å². The molecule has 0 spiro atoms. The average molecular weight is 403 g/mol. The lowest BCUT2D eigenvalue weighted by atomic mass is 10.0. The lowest BCUT2D eigenvalue weighted by Gasteiger charge is -2.15. The van der Waals surface area contributed by atoms with Crippen molar-refractivity contribution in [3.05, 3.63) is 59.0 Å². The van der Waals surface area contributed by atoms with Crippen molar-refractivity contribution in [3.8, 4) is 11.8 Å². The molecule has 6 heteroatoms. The van der Waals surface area contributed by atoms with Crippen LogP contribution in [0.25, 0.3) is 10.9 Å². The maximum Gasteiger partial charge on any atom is 0.306 e. The smallest absolute Gasteiger partial charge is 0.306 e. The first-order chi connectivity index (χ1) is 14.5. The third-order valence-corrected chi connectivity index (χ3v) is 5.59. The van der Waals surface area contributed by atoms with Crippen LogP contribution in [0.15, 0.2) is 36.5 Å². The van der Waals surface area contributed by atoms with Gasteiger partial charge in [-0.05, 0) is 68.5 Å². The molecule has 0 amide bonds. The summed E-state index contributed by atoms with van der Waals surface area (Å²) >= 11 is 0. The number of esters is 1. The summed E-state index contributed by atoms with van der Waals surface area (Å²) in [6, 6.07) is 11.8. The Morgan fingerprint density at radius 1 is 1.33 bits per heavy atom. The number of methoxy groups -OCH3 is 1. The van der Waals surface area contributed by atoms with Crippen molar-refractivity contribution >= 4 is 16.9 Å². The van der Waals surface area contributed by atoms with Gasteiger partial charge in [0.1, 0.15) is 11.4 Å². The summed E-state index contributed by atoms with van der Waals surface area (Å²) in [5.74, 6) is 0.796. The number of hydrogen-bond acceptors (Lipinski definition) is 5. The molecule has 4 rings (SSSR count). The minimum Gasteiger partial charge on any atom is -0.495 e. The van der Waals surface area contributed by atoms with Gasteiger partial charge in [0.15, 0.2) is 0 Å². The van der Waals surface area contributed by atoms with Crippen LogP contribution >= 0.6 is 0 Å². The molecule has 0 bridgehead atoms. The van der Waals surface area contributed by atoms with Crippen LogP contribution in [-0.2, 0) is 28.9 Å². The van der Waals surface area contributed by atoms with Crippen molar-refractivity contribution < 1.29 is 14.3 Å². The lowest BCUT2D eigenvalue weighted by molar-refractivity contribution is -0.148. The zero-order valence-electron chi connectivity index (χ0n) is 17.5. The van der Waals surface area contributed by atoms with E-state index in [0.29, 0.717) is 18.5 Å². The van der Waals surface area contributed by atoms with Crippen molar-refractivity contribution in [2.24, 2.45) is 5.92 Å². The Balaban J connectivity index is 1.72. The number of pyridine rings is 1. The number of carbonyl (C=O) groups excluding carboxylic acids is 1. The van der Waals surface area contributed by atoms with Gasteiger partial charge in [-0.2, -0.15) is 5.26 Å². The van der Waals surface area contributed by atoms with E-state index < -0.39 is 0 Å². The summed E-state index contributed by atoms with van der Waals surface area (Å²) in [5.41, 5.74) is 5.00. The predicted molar refractivity (Wildman–Crippen MR) is 113 cm³/mol. The maximum absolute atomic E-state index is 12.2. The molecular formula is C24H25N3O3. The Labute approximate surface area is 176 Å². The highest BCUT2D eigenvalue weighted by molar-refractivity contribution is 5.88. The van der Waals surface area contributed by atoms with Crippen LogP contribution in [0.5, 0.6) is 5.75 Å². The monoisotopic (exact) mass is 403 g/mol. The number of aromatic nitrogens is 2. The molecule has 30 heavy (non-hydrogen) atoms. The first-order valence-electron chi connectivity index (χ1n) is 10.2. The molecule has 0 fully saturated rings. The second kappa shape index (κ2) is 8.19. The minimum atomic E-state index is -0.153. The summed E-state index contributed by atoms with van der Waals surface area (Å²) in [6.07, 6.45) is 3.67. The van der Waals surface area contributed by atoms with Gasteiger partial charge >= 0.3 is 5.97 Å². The third-order valence-electron chi connectivity index (χ3n) is 5.59. The largest absolute Gasteiger partial charge is 0.495 e. The van der Waals surface area contributed by atoms with Gasteiger partial charge in [-0.25, -0.2) is 0 Å². The van der Waals surface area contributed by atoms with Crippen LogP contribution in [-0.4, -0.2) is 28.7 Å². The topological polar surface area (TPSA) is 77.1 Å². The Morgan fingerprint density at radius 2 is 2.17 bits per heavy atom. The minimum absolute atomic E-state index is 0.106. The van der Waals surface area contributed by atoms with Crippen molar-refractivity contribution in [1.82, 2.24) is 9.55 Å². The molecule has 1 atom stereocenters. The number of ether oxygens (including phenoxy) is 2. The molecule has 0 unspecified atom stereocenters. The molecule has 1 aliphatic carbocycles. The Hall–Kier alpha value is -3.33. The van der Waals surface area contributed by atoms with Gasteiger partial charge in [0, 0.05) is 29.2 Å². The van der Waals surface area contributed by atoms with E-state index in [1.807, 2.05) is 44.2 Å². The van der Waals surface area contributed by atoms with Crippen LogP contribution in [0.3, 0.4) is 0 Å². The second-order valence-corrected chi connectivity index (χ2v) is 8.02. The SMILES string of the molecule is COc1cccnc1Cn1c2c(c3cc(C#N)ccc31)C[C@H](CC(=O)OC(C)C)C2. The molecular weight excluding hydrogens is 378 g/mol. The zero-order chi connectivity index (χ0) is 21.3. The quantitative estimate of drug-likeness (QED) is 0.581. The summed E-state index contributed by atoms with van der Waals surface area (Å²) in [7, 11) is 1.65. The number of fused-ring (bicyclic) bond motifs is 3. The molecule has 154 valence electrons. The normalized spacial score (nSPS) is 15.2. The fourth-order valence-electron chi connectivity index (χ4n) is 4.39. The number of rotatable bonds is 6. The first kappa shape index (κ1) is 20.0. The third kappa shape index (κ3) is 3.76. The first-order valence-corrected chi connectivity index (χ1v) is 10.2. The van der Waals surface area contributed by atoms with E-state index in [1.54, 1.807) is 13.3 Å². The number of benzene rings is 1. The van der Waals surface area contributed by atoms with Crippen molar-refractivity contribution in [2.75, 3.05) is 7.11 Å². The van der Waals surface area contributed by atoms with E-state index >= 15 is 0 Å². The van der Waals surface area contributed by atoms with Crippen LogP contribution in [0, 0.1) is 17.2 Å². The number of hydrogen-bond donors (Lipinski definition) is 0. The highest BCUT2D eigenvalue weighted by Gasteiger charge is 2.31. The van der Waals surface area contributed by atoms with Gasteiger partial charge < -0.3 is 14.0 Å². The average Bonchev–Trinajstić information content (AvgIpc) is 3.25. The fourth-order valence-corrected chi connectivity index (χ4v) is 4.39. The van der Waals surface area contributed by atoms with E-state index in [1.165, 1.54) is 11.3 Å². The Kier molecular flexibility index (Phi) is 5.45. The van der Waals surface area contributed by atoms with Crippen molar-refractivity contribution in [3.63, 3.8) is 0 Å². The number of nitriles is 1. The van der Waals surface area contributed by atoms with Crippen molar-refractivity contribution in [1.29, 1.82) is 5.26 Å².